The fraction of sp³-hybridized carbons (Fsp3) is 0.667. The lowest BCUT2D eigenvalue weighted by atomic mass is 10.2. The van der Waals surface area contributed by atoms with Gasteiger partial charge in [-0.25, -0.2) is 4.98 Å². The Bertz CT molecular complexity index is 519. The van der Waals surface area contributed by atoms with E-state index < -0.39 is 4.92 Å². The predicted molar refractivity (Wildman–Crippen MR) is 76.8 cm³/mol. The van der Waals surface area contributed by atoms with Crippen LogP contribution in [0.25, 0.3) is 0 Å². The van der Waals surface area contributed by atoms with Crippen molar-refractivity contribution in [3.8, 4) is 0 Å². The lowest BCUT2D eigenvalue weighted by molar-refractivity contribution is -0.385. The van der Waals surface area contributed by atoms with E-state index in [1.54, 1.807) is 6.92 Å². The highest BCUT2D eigenvalue weighted by Crippen LogP contribution is 2.34. The zero-order valence-electron chi connectivity index (χ0n) is 12.0. The number of nitrogen functional groups attached to an aromatic ring is 1. The molecule has 0 saturated carbocycles. The second-order valence-electron chi connectivity index (χ2n) is 5.35. The average Bonchev–Trinajstić information content (AvgIpc) is 2.74. The molecular formula is C12H20N6O2. The Balaban J connectivity index is 2.43. The number of nitro groups is 1. The molecule has 0 spiro atoms. The van der Waals surface area contributed by atoms with E-state index in [2.05, 4.69) is 14.9 Å². The Labute approximate surface area is 117 Å². The van der Waals surface area contributed by atoms with Gasteiger partial charge in [0.25, 0.3) is 0 Å². The van der Waals surface area contributed by atoms with E-state index in [1.165, 1.54) is 0 Å². The molecule has 1 unspecified atom stereocenters. The fourth-order valence-electron chi connectivity index (χ4n) is 2.71. The normalized spacial score (nSPS) is 18.8. The predicted octanol–water partition coefficient (Wildman–Crippen LogP) is 0.806. The SMILES string of the molecule is Cc1nc(N)nc(N2CCCC2CN(C)C)c1[N+](=O)[O-]. The van der Waals surface area contributed by atoms with Crippen molar-refractivity contribution in [2.45, 2.75) is 25.8 Å². The van der Waals surface area contributed by atoms with Crippen molar-refractivity contribution >= 4 is 17.5 Å². The standard InChI is InChI=1S/C12H20N6O2/c1-8-10(18(19)20)11(15-12(13)14-8)17-6-4-5-9(17)7-16(2)3/h9H,4-7H2,1-3H3,(H2,13,14,15). The van der Waals surface area contributed by atoms with Gasteiger partial charge in [-0.1, -0.05) is 0 Å². The third-order valence-corrected chi connectivity index (χ3v) is 3.46. The summed E-state index contributed by atoms with van der Waals surface area (Å²) in [5.74, 6) is 0.433. The molecule has 110 valence electrons. The van der Waals surface area contributed by atoms with Crippen LogP contribution in [0.5, 0.6) is 0 Å². The van der Waals surface area contributed by atoms with Crippen LogP contribution in [-0.2, 0) is 0 Å². The second kappa shape index (κ2) is 5.58. The molecule has 0 aliphatic carbocycles. The first-order valence-electron chi connectivity index (χ1n) is 6.60. The molecule has 1 atom stereocenters. The van der Waals surface area contributed by atoms with Crippen LogP contribution in [0.2, 0.25) is 0 Å². The third-order valence-electron chi connectivity index (χ3n) is 3.46. The molecular weight excluding hydrogens is 260 g/mol. The van der Waals surface area contributed by atoms with Gasteiger partial charge in [0.1, 0.15) is 5.69 Å². The summed E-state index contributed by atoms with van der Waals surface area (Å²) in [5.41, 5.74) is 5.94. The van der Waals surface area contributed by atoms with Crippen molar-refractivity contribution < 1.29 is 4.92 Å². The summed E-state index contributed by atoms with van der Waals surface area (Å²) in [5, 5.41) is 11.3. The molecule has 0 radical (unpaired) electrons. The van der Waals surface area contributed by atoms with E-state index in [0.29, 0.717) is 11.5 Å². The van der Waals surface area contributed by atoms with Gasteiger partial charge in [-0.2, -0.15) is 4.98 Å². The lowest BCUT2D eigenvalue weighted by Crippen LogP contribution is -2.38. The topological polar surface area (TPSA) is 101 Å². The van der Waals surface area contributed by atoms with Crippen LogP contribution in [0.3, 0.4) is 0 Å². The van der Waals surface area contributed by atoms with E-state index >= 15 is 0 Å². The quantitative estimate of drug-likeness (QED) is 0.643. The molecule has 8 heteroatoms. The van der Waals surface area contributed by atoms with Crippen LogP contribution in [0.4, 0.5) is 17.5 Å². The van der Waals surface area contributed by atoms with Gasteiger partial charge in [0.2, 0.25) is 11.8 Å². The van der Waals surface area contributed by atoms with Crippen LogP contribution >= 0.6 is 0 Å². The number of aryl methyl sites for hydroxylation is 1. The maximum atomic E-state index is 11.3. The number of anilines is 2. The Kier molecular flexibility index (Phi) is 4.03. The summed E-state index contributed by atoms with van der Waals surface area (Å²) in [7, 11) is 3.98. The number of nitrogens with two attached hydrogens (primary N) is 1. The third kappa shape index (κ3) is 2.79. The van der Waals surface area contributed by atoms with Gasteiger partial charge in [0.05, 0.1) is 4.92 Å². The number of aromatic nitrogens is 2. The molecule has 2 heterocycles. The van der Waals surface area contributed by atoms with Gasteiger partial charge in [-0.3, -0.25) is 10.1 Å². The zero-order valence-corrected chi connectivity index (χ0v) is 12.0. The number of nitrogens with zero attached hydrogens (tertiary/aromatic N) is 5. The minimum atomic E-state index is -0.421. The Hall–Kier alpha value is -1.96. The monoisotopic (exact) mass is 280 g/mol. The summed E-state index contributed by atoms with van der Waals surface area (Å²) in [6.45, 7) is 3.19. The zero-order chi connectivity index (χ0) is 14.9. The van der Waals surface area contributed by atoms with E-state index in [9.17, 15) is 10.1 Å². The summed E-state index contributed by atoms with van der Waals surface area (Å²) >= 11 is 0. The molecule has 1 aromatic rings. The molecule has 0 aromatic carbocycles. The van der Waals surface area contributed by atoms with Crippen molar-refractivity contribution in [1.29, 1.82) is 0 Å². The molecule has 2 rings (SSSR count). The smallest absolute Gasteiger partial charge is 0.332 e. The van der Waals surface area contributed by atoms with E-state index in [0.717, 1.165) is 25.9 Å². The molecule has 2 N–H and O–H groups in total. The van der Waals surface area contributed by atoms with Crippen LogP contribution in [0, 0.1) is 17.0 Å². The molecule has 1 fully saturated rings. The van der Waals surface area contributed by atoms with E-state index in [1.807, 2.05) is 19.0 Å². The van der Waals surface area contributed by atoms with Crippen LogP contribution in [0.1, 0.15) is 18.5 Å². The number of rotatable bonds is 4. The highest BCUT2D eigenvalue weighted by atomic mass is 16.6. The summed E-state index contributed by atoms with van der Waals surface area (Å²) < 4.78 is 0. The second-order valence-corrected chi connectivity index (χ2v) is 5.35. The molecule has 0 amide bonds. The minimum absolute atomic E-state index is 0.0372. The van der Waals surface area contributed by atoms with Crippen LogP contribution in [-0.4, -0.2) is 53.0 Å². The number of hydrogen-bond acceptors (Lipinski definition) is 7. The largest absolute Gasteiger partial charge is 0.368 e. The summed E-state index contributed by atoms with van der Waals surface area (Å²) in [6.07, 6.45) is 2.00. The Morgan fingerprint density at radius 3 is 2.80 bits per heavy atom. The first kappa shape index (κ1) is 14.4. The maximum absolute atomic E-state index is 11.3. The van der Waals surface area contributed by atoms with Crippen molar-refractivity contribution in [3.63, 3.8) is 0 Å². The van der Waals surface area contributed by atoms with Crippen molar-refractivity contribution in [3.05, 3.63) is 15.8 Å². The Morgan fingerprint density at radius 1 is 1.50 bits per heavy atom. The highest BCUT2D eigenvalue weighted by Gasteiger charge is 2.33. The van der Waals surface area contributed by atoms with Gasteiger partial charge in [0, 0.05) is 19.1 Å². The van der Waals surface area contributed by atoms with Gasteiger partial charge >= 0.3 is 5.69 Å². The van der Waals surface area contributed by atoms with Gasteiger partial charge in [-0.05, 0) is 33.9 Å². The Morgan fingerprint density at radius 2 is 2.20 bits per heavy atom. The summed E-state index contributed by atoms with van der Waals surface area (Å²) in [4.78, 5) is 23.0. The molecule has 1 aliphatic heterocycles. The highest BCUT2D eigenvalue weighted by molar-refractivity contribution is 5.63. The van der Waals surface area contributed by atoms with Crippen molar-refractivity contribution in [2.75, 3.05) is 37.8 Å². The van der Waals surface area contributed by atoms with Gasteiger partial charge < -0.3 is 15.5 Å². The van der Waals surface area contributed by atoms with Crippen molar-refractivity contribution in [1.82, 2.24) is 14.9 Å². The molecule has 1 aliphatic rings. The molecule has 8 nitrogen and oxygen atoms in total. The molecule has 0 bridgehead atoms. The van der Waals surface area contributed by atoms with Gasteiger partial charge in [-0.15, -0.1) is 0 Å². The van der Waals surface area contributed by atoms with Crippen LogP contribution < -0.4 is 10.6 Å². The maximum Gasteiger partial charge on any atom is 0.332 e. The molecule has 1 saturated heterocycles. The average molecular weight is 280 g/mol. The fourth-order valence-corrected chi connectivity index (χ4v) is 2.71. The molecule has 20 heavy (non-hydrogen) atoms. The van der Waals surface area contributed by atoms with Gasteiger partial charge in [0.15, 0.2) is 0 Å². The summed E-state index contributed by atoms with van der Waals surface area (Å²) in [6, 6.07) is 0.220. The number of hydrogen-bond donors (Lipinski definition) is 1. The first-order valence-corrected chi connectivity index (χ1v) is 6.60. The minimum Gasteiger partial charge on any atom is -0.368 e. The lowest BCUT2D eigenvalue weighted by Gasteiger charge is -2.27. The van der Waals surface area contributed by atoms with E-state index in [4.69, 9.17) is 5.73 Å². The van der Waals surface area contributed by atoms with Crippen molar-refractivity contribution in [2.24, 2.45) is 0 Å². The van der Waals surface area contributed by atoms with Crippen LogP contribution in [0.15, 0.2) is 0 Å². The molecule has 1 aromatic heterocycles. The first-order chi connectivity index (χ1) is 9.40. The number of likely N-dealkylation sites (N-methyl/N-ethyl adjacent to an activating group) is 1. The van der Waals surface area contributed by atoms with E-state index in [-0.39, 0.29) is 17.7 Å².